The average Bonchev–Trinajstić information content (AvgIpc) is 3.24. The second-order valence-corrected chi connectivity index (χ2v) is 6.86. The lowest BCUT2D eigenvalue weighted by Gasteiger charge is -2.13. The van der Waals surface area contributed by atoms with Crippen LogP contribution in [0.25, 0.3) is 22.0 Å². The molecule has 2 N–H and O–H groups in total. The van der Waals surface area contributed by atoms with Crippen LogP contribution in [0, 0.1) is 12.7 Å². The van der Waals surface area contributed by atoms with Gasteiger partial charge in [-0.1, -0.05) is 12.1 Å². The molecule has 0 unspecified atom stereocenters. The van der Waals surface area contributed by atoms with E-state index in [1.807, 2.05) is 13.8 Å². The van der Waals surface area contributed by atoms with Gasteiger partial charge in [0.25, 0.3) is 5.91 Å². The van der Waals surface area contributed by atoms with Crippen molar-refractivity contribution >= 4 is 16.8 Å². The minimum absolute atomic E-state index is 0.241. The van der Waals surface area contributed by atoms with Crippen LogP contribution in [-0.2, 0) is 6.54 Å². The Labute approximate surface area is 173 Å². The molecule has 6 nitrogen and oxygen atoms in total. The molecule has 2 heterocycles. The molecule has 2 aromatic heterocycles. The molecule has 0 aliphatic heterocycles. The van der Waals surface area contributed by atoms with Gasteiger partial charge in [0.1, 0.15) is 11.6 Å². The summed E-state index contributed by atoms with van der Waals surface area (Å²) < 4.78 is 19.4. The molecule has 2 aromatic carbocycles. The topological polar surface area (TPSA) is 79.9 Å². The van der Waals surface area contributed by atoms with Crippen LogP contribution in [0.1, 0.15) is 28.5 Å². The number of fused-ring (bicyclic) bond motifs is 1. The summed E-state index contributed by atoms with van der Waals surface area (Å²) in [5.74, 6) is -0.0349. The van der Waals surface area contributed by atoms with E-state index in [-0.39, 0.29) is 11.7 Å². The summed E-state index contributed by atoms with van der Waals surface area (Å²) in [5, 5.41) is 10.9. The predicted octanol–water partition coefficient (Wildman–Crippen LogP) is 4.40. The van der Waals surface area contributed by atoms with Crippen molar-refractivity contribution in [2.45, 2.75) is 20.4 Å². The van der Waals surface area contributed by atoms with Crippen LogP contribution in [-0.4, -0.2) is 27.7 Å². The van der Waals surface area contributed by atoms with Gasteiger partial charge in [-0.2, -0.15) is 5.10 Å². The molecule has 0 fully saturated rings. The number of aromatic amines is 1. The number of aromatic nitrogens is 3. The Kier molecular flexibility index (Phi) is 5.43. The highest BCUT2D eigenvalue weighted by Crippen LogP contribution is 2.31. The monoisotopic (exact) mass is 404 g/mol. The minimum atomic E-state index is -0.325. The van der Waals surface area contributed by atoms with Gasteiger partial charge >= 0.3 is 0 Å². The molecule has 0 spiro atoms. The lowest BCUT2D eigenvalue weighted by atomic mass is 10.0. The number of halogens is 1. The van der Waals surface area contributed by atoms with Crippen LogP contribution < -0.4 is 10.1 Å². The normalized spacial score (nSPS) is 10.9. The summed E-state index contributed by atoms with van der Waals surface area (Å²) in [6, 6.07) is 11.4. The fraction of sp³-hybridized carbons (Fsp3) is 0.174. The zero-order chi connectivity index (χ0) is 21.1. The first kappa shape index (κ1) is 19.6. The largest absolute Gasteiger partial charge is 0.493 e. The highest BCUT2D eigenvalue weighted by Gasteiger charge is 2.14. The SMILES string of the molecule is CCOc1cc(C(=O)NCc2cnc(C)c3cn[nH]c23)ccc1-c1cccc(F)c1. The van der Waals surface area contributed by atoms with E-state index in [0.29, 0.717) is 30.0 Å². The standard InChI is InChI=1S/C23H21FN4O2/c1-3-30-21-10-16(7-8-19(21)15-5-4-6-18(24)9-15)23(29)26-12-17-11-25-14(2)20-13-27-28-22(17)20/h4-11,13H,3,12H2,1-2H3,(H,26,29)(H,27,28). The van der Waals surface area contributed by atoms with Crippen molar-refractivity contribution in [3.63, 3.8) is 0 Å². The summed E-state index contributed by atoms with van der Waals surface area (Å²) in [6.45, 7) is 4.51. The number of rotatable bonds is 6. The van der Waals surface area contributed by atoms with Gasteiger partial charge in [-0.3, -0.25) is 14.9 Å². The van der Waals surface area contributed by atoms with Gasteiger partial charge in [0, 0.05) is 40.5 Å². The smallest absolute Gasteiger partial charge is 0.251 e. The molecule has 30 heavy (non-hydrogen) atoms. The van der Waals surface area contributed by atoms with Crippen molar-refractivity contribution in [2.75, 3.05) is 6.61 Å². The molecule has 0 bridgehead atoms. The molecular weight excluding hydrogens is 383 g/mol. The van der Waals surface area contributed by atoms with E-state index in [9.17, 15) is 9.18 Å². The number of nitrogens with zero attached hydrogens (tertiary/aromatic N) is 2. The first-order valence-electron chi connectivity index (χ1n) is 9.65. The zero-order valence-corrected chi connectivity index (χ0v) is 16.7. The van der Waals surface area contributed by atoms with Crippen molar-refractivity contribution in [2.24, 2.45) is 0 Å². The molecule has 7 heteroatoms. The summed E-state index contributed by atoms with van der Waals surface area (Å²) in [7, 11) is 0. The molecule has 0 aliphatic carbocycles. The third-order valence-corrected chi connectivity index (χ3v) is 4.88. The van der Waals surface area contributed by atoms with Gasteiger partial charge in [-0.15, -0.1) is 0 Å². The third kappa shape index (κ3) is 3.87. The maximum Gasteiger partial charge on any atom is 0.251 e. The van der Waals surface area contributed by atoms with E-state index >= 15 is 0 Å². The Morgan fingerprint density at radius 3 is 2.87 bits per heavy atom. The van der Waals surface area contributed by atoms with Gasteiger partial charge < -0.3 is 10.1 Å². The predicted molar refractivity (Wildman–Crippen MR) is 113 cm³/mol. The summed E-state index contributed by atoms with van der Waals surface area (Å²) >= 11 is 0. The number of benzene rings is 2. The highest BCUT2D eigenvalue weighted by molar-refractivity contribution is 5.96. The number of amides is 1. The molecule has 0 atom stereocenters. The third-order valence-electron chi connectivity index (χ3n) is 4.88. The van der Waals surface area contributed by atoms with Crippen molar-refractivity contribution in [3.05, 3.63) is 77.5 Å². The van der Waals surface area contributed by atoms with Gasteiger partial charge in [0.15, 0.2) is 0 Å². The van der Waals surface area contributed by atoms with Gasteiger partial charge in [-0.25, -0.2) is 4.39 Å². The van der Waals surface area contributed by atoms with E-state index in [1.165, 1.54) is 12.1 Å². The number of aryl methyl sites for hydroxylation is 1. The lowest BCUT2D eigenvalue weighted by Crippen LogP contribution is -2.23. The number of H-pyrrole nitrogens is 1. The second kappa shape index (κ2) is 8.32. The molecule has 4 aromatic rings. The summed E-state index contributed by atoms with van der Waals surface area (Å²) in [4.78, 5) is 17.1. The van der Waals surface area contributed by atoms with Crippen molar-refractivity contribution < 1.29 is 13.9 Å². The fourth-order valence-electron chi connectivity index (χ4n) is 3.36. The molecule has 152 valence electrons. The van der Waals surface area contributed by atoms with Gasteiger partial charge in [-0.05, 0) is 49.7 Å². The molecule has 4 rings (SSSR count). The van der Waals surface area contributed by atoms with E-state index in [2.05, 4.69) is 20.5 Å². The van der Waals surface area contributed by atoms with E-state index in [1.54, 1.807) is 42.7 Å². The molecule has 1 amide bonds. The van der Waals surface area contributed by atoms with Crippen LogP contribution in [0.15, 0.2) is 54.9 Å². The van der Waals surface area contributed by atoms with Crippen molar-refractivity contribution in [1.82, 2.24) is 20.5 Å². The Balaban J connectivity index is 1.57. The summed E-state index contributed by atoms with van der Waals surface area (Å²) in [5.41, 5.74) is 4.47. The first-order chi connectivity index (χ1) is 14.6. The van der Waals surface area contributed by atoms with E-state index in [4.69, 9.17) is 4.74 Å². The van der Waals surface area contributed by atoms with E-state index in [0.717, 1.165) is 27.7 Å². The Bertz CT molecular complexity index is 1220. The molecule has 0 aliphatic rings. The zero-order valence-electron chi connectivity index (χ0n) is 16.7. The van der Waals surface area contributed by atoms with Crippen LogP contribution in [0.3, 0.4) is 0 Å². The number of pyridine rings is 1. The van der Waals surface area contributed by atoms with Gasteiger partial charge in [0.05, 0.1) is 18.3 Å². The molecule has 0 radical (unpaired) electrons. The van der Waals surface area contributed by atoms with Crippen molar-refractivity contribution in [1.29, 1.82) is 0 Å². The fourth-order valence-corrected chi connectivity index (χ4v) is 3.36. The maximum absolute atomic E-state index is 13.6. The Morgan fingerprint density at radius 1 is 1.20 bits per heavy atom. The highest BCUT2D eigenvalue weighted by atomic mass is 19.1. The van der Waals surface area contributed by atoms with Crippen LogP contribution in [0.5, 0.6) is 5.75 Å². The number of hydrogen-bond donors (Lipinski definition) is 2. The Morgan fingerprint density at radius 2 is 2.07 bits per heavy atom. The lowest BCUT2D eigenvalue weighted by molar-refractivity contribution is 0.0950. The number of nitrogens with one attached hydrogen (secondary N) is 2. The quantitative estimate of drug-likeness (QED) is 0.499. The number of ether oxygens (including phenoxy) is 1. The number of carbonyl (C=O) groups is 1. The van der Waals surface area contributed by atoms with Gasteiger partial charge in [0.2, 0.25) is 0 Å². The van der Waals surface area contributed by atoms with Crippen molar-refractivity contribution in [3.8, 4) is 16.9 Å². The molecule has 0 saturated heterocycles. The maximum atomic E-state index is 13.6. The van der Waals surface area contributed by atoms with E-state index < -0.39 is 0 Å². The second-order valence-electron chi connectivity index (χ2n) is 6.86. The molecule has 0 saturated carbocycles. The van der Waals surface area contributed by atoms with Crippen LogP contribution >= 0.6 is 0 Å². The molecular formula is C23H21FN4O2. The average molecular weight is 404 g/mol. The van der Waals surface area contributed by atoms with Crippen LogP contribution in [0.4, 0.5) is 4.39 Å². The minimum Gasteiger partial charge on any atom is -0.493 e. The summed E-state index contributed by atoms with van der Waals surface area (Å²) in [6.07, 6.45) is 3.46. The Hall–Kier alpha value is -3.74. The number of carbonyl (C=O) groups excluding carboxylic acids is 1. The van der Waals surface area contributed by atoms with Crippen LogP contribution in [0.2, 0.25) is 0 Å². The number of hydrogen-bond acceptors (Lipinski definition) is 4. The first-order valence-corrected chi connectivity index (χ1v) is 9.65.